The Labute approximate surface area is 165 Å². The van der Waals surface area contributed by atoms with Crippen molar-refractivity contribution in [2.45, 2.75) is 16.2 Å². The largest absolute Gasteiger partial charge is 0.359 e. The van der Waals surface area contributed by atoms with Crippen molar-refractivity contribution in [2.75, 3.05) is 32.1 Å². The van der Waals surface area contributed by atoms with Gasteiger partial charge in [-0.05, 0) is 30.7 Å². The number of anilines is 2. The number of nitrogens with one attached hydrogen (secondary N) is 2. The number of guanidine groups is 1. The number of para-hydroxylation sites is 2. The molecule has 0 saturated carbocycles. The van der Waals surface area contributed by atoms with Crippen LogP contribution in [0.15, 0.2) is 63.3 Å². The predicted molar refractivity (Wildman–Crippen MR) is 114 cm³/mol. The van der Waals surface area contributed by atoms with Gasteiger partial charge in [0.05, 0.1) is 11.4 Å². The summed E-state index contributed by atoms with van der Waals surface area (Å²) in [5, 5.41) is 6.36. The Morgan fingerprint density at radius 1 is 1.04 bits per heavy atom. The second-order valence-corrected chi connectivity index (χ2v) is 6.38. The summed E-state index contributed by atoms with van der Waals surface area (Å²) in [7, 11) is 3.66. The SMILES string of the molecule is CN=C(NC)NCCCN1c2ccccc2Sc2ccccc21.I. The molecule has 1 aliphatic rings. The Hall–Kier alpha value is -1.41. The minimum atomic E-state index is 0. The first-order valence-electron chi connectivity index (χ1n) is 7.85. The molecule has 0 aliphatic carbocycles. The van der Waals surface area contributed by atoms with Gasteiger partial charge in [-0.15, -0.1) is 24.0 Å². The molecule has 2 aromatic rings. The average molecular weight is 454 g/mol. The topological polar surface area (TPSA) is 39.7 Å². The zero-order chi connectivity index (χ0) is 16.1. The van der Waals surface area contributed by atoms with Crippen LogP contribution in [0.1, 0.15) is 6.42 Å². The van der Waals surface area contributed by atoms with E-state index in [2.05, 4.69) is 69.1 Å². The second kappa shape index (κ2) is 9.17. The average Bonchev–Trinajstić information content (AvgIpc) is 2.61. The summed E-state index contributed by atoms with van der Waals surface area (Å²) >= 11 is 1.85. The van der Waals surface area contributed by atoms with Gasteiger partial charge in [0.2, 0.25) is 0 Å². The molecule has 0 aromatic heterocycles. The fourth-order valence-electron chi connectivity index (χ4n) is 2.75. The molecule has 0 atom stereocenters. The number of fused-ring (bicyclic) bond motifs is 2. The van der Waals surface area contributed by atoms with Crippen molar-refractivity contribution in [1.82, 2.24) is 10.6 Å². The Bertz CT molecular complexity index is 659. The van der Waals surface area contributed by atoms with Crippen molar-refractivity contribution in [3.8, 4) is 0 Å². The molecule has 24 heavy (non-hydrogen) atoms. The third-order valence-corrected chi connectivity index (χ3v) is 4.97. The number of benzene rings is 2. The smallest absolute Gasteiger partial charge is 0.190 e. The minimum Gasteiger partial charge on any atom is -0.359 e. The molecule has 0 fully saturated rings. The van der Waals surface area contributed by atoms with Crippen LogP contribution in [0.3, 0.4) is 0 Å². The normalized spacial score (nSPS) is 12.8. The van der Waals surface area contributed by atoms with Crippen LogP contribution < -0.4 is 15.5 Å². The van der Waals surface area contributed by atoms with E-state index in [1.807, 2.05) is 18.8 Å². The van der Waals surface area contributed by atoms with Gasteiger partial charge in [0.25, 0.3) is 0 Å². The van der Waals surface area contributed by atoms with E-state index in [9.17, 15) is 0 Å². The molecule has 6 heteroatoms. The van der Waals surface area contributed by atoms with E-state index in [0.29, 0.717) is 0 Å². The summed E-state index contributed by atoms with van der Waals surface area (Å²) in [6, 6.07) is 17.3. The van der Waals surface area contributed by atoms with Crippen molar-refractivity contribution in [2.24, 2.45) is 4.99 Å². The van der Waals surface area contributed by atoms with Crippen LogP contribution in [-0.4, -0.2) is 33.1 Å². The molecular weight excluding hydrogens is 431 g/mol. The molecule has 0 radical (unpaired) electrons. The zero-order valence-electron chi connectivity index (χ0n) is 14.0. The number of hydrogen-bond donors (Lipinski definition) is 2. The van der Waals surface area contributed by atoms with Gasteiger partial charge in [0.15, 0.2) is 5.96 Å². The number of nitrogens with zero attached hydrogens (tertiary/aromatic N) is 2. The van der Waals surface area contributed by atoms with Gasteiger partial charge in [-0.1, -0.05) is 36.0 Å². The third kappa shape index (κ3) is 4.16. The summed E-state index contributed by atoms with van der Waals surface area (Å²) in [6.07, 6.45) is 1.04. The van der Waals surface area contributed by atoms with Crippen molar-refractivity contribution in [3.63, 3.8) is 0 Å². The maximum Gasteiger partial charge on any atom is 0.190 e. The minimum absolute atomic E-state index is 0. The van der Waals surface area contributed by atoms with E-state index in [0.717, 1.165) is 25.5 Å². The highest BCUT2D eigenvalue weighted by atomic mass is 127. The predicted octanol–water partition coefficient (Wildman–Crippen LogP) is 4.09. The molecule has 2 aromatic carbocycles. The van der Waals surface area contributed by atoms with E-state index >= 15 is 0 Å². The van der Waals surface area contributed by atoms with Gasteiger partial charge < -0.3 is 15.5 Å². The molecule has 0 saturated heterocycles. The van der Waals surface area contributed by atoms with E-state index in [4.69, 9.17) is 0 Å². The standard InChI is InChI=1S/C18H22N4S.HI/c1-19-18(20-2)21-12-7-13-22-14-8-3-5-10-16(14)23-17-11-6-4-9-15(17)22;/h3-6,8-11H,7,12-13H2,1-2H3,(H2,19,20,21);1H. The molecule has 0 spiro atoms. The first-order valence-corrected chi connectivity index (χ1v) is 8.67. The van der Waals surface area contributed by atoms with Crippen LogP contribution in [0.2, 0.25) is 0 Å². The van der Waals surface area contributed by atoms with E-state index in [-0.39, 0.29) is 24.0 Å². The Morgan fingerprint density at radius 3 is 2.17 bits per heavy atom. The lowest BCUT2D eigenvalue weighted by atomic mass is 10.2. The van der Waals surface area contributed by atoms with E-state index in [1.165, 1.54) is 21.2 Å². The van der Waals surface area contributed by atoms with Crippen molar-refractivity contribution >= 4 is 53.1 Å². The van der Waals surface area contributed by atoms with E-state index in [1.54, 1.807) is 7.05 Å². The molecule has 0 unspecified atom stereocenters. The lowest BCUT2D eigenvalue weighted by Crippen LogP contribution is -2.36. The fraction of sp³-hybridized carbons (Fsp3) is 0.278. The molecule has 0 bridgehead atoms. The summed E-state index contributed by atoms with van der Waals surface area (Å²) in [6.45, 7) is 1.86. The van der Waals surface area contributed by atoms with Crippen molar-refractivity contribution < 1.29 is 0 Å². The van der Waals surface area contributed by atoms with Gasteiger partial charge in [0, 0.05) is 37.0 Å². The quantitative estimate of drug-likeness (QED) is 0.316. The second-order valence-electron chi connectivity index (χ2n) is 5.29. The summed E-state index contributed by atoms with van der Waals surface area (Å²) in [5.41, 5.74) is 2.60. The van der Waals surface area contributed by atoms with Crippen LogP contribution in [0.25, 0.3) is 0 Å². The molecular formula is C18H23IN4S. The first kappa shape index (κ1) is 18.9. The van der Waals surface area contributed by atoms with Crippen LogP contribution in [0.5, 0.6) is 0 Å². The molecule has 2 N–H and O–H groups in total. The number of halogens is 1. The monoisotopic (exact) mass is 454 g/mol. The Balaban J connectivity index is 0.00000208. The van der Waals surface area contributed by atoms with Gasteiger partial charge in [-0.25, -0.2) is 0 Å². The third-order valence-electron chi connectivity index (χ3n) is 3.84. The fourth-order valence-corrected chi connectivity index (χ4v) is 3.84. The number of aliphatic imine (C=N–C) groups is 1. The Morgan fingerprint density at radius 2 is 1.62 bits per heavy atom. The van der Waals surface area contributed by atoms with Gasteiger partial charge >= 0.3 is 0 Å². The van der Waals surface area contributed by atoms with Gasteiger partial charge in [-0.3, -0.25) is 4.99 Å². The highest BCUT2D eigenvalue weighted by molar-refractivity contribution is 14.0. The van der Waals surface area contributed by atoms with Crippen LogP contribution in [-0.2, 0) is 0 Å². The zero-order valence-corrected chi connectivity index (χ0v) is 17.1. The van der Waals surface area contributed by atoms with Crippen LogP contribution in [0, 0.1) is 0 Å². The van der Waals surface area contributed by atoms with Crippen LogP contribution >= 0.6 is 35.7 Å². The molecule has 3 rings (SSSR count). The molecule has 1 heterocycles. The van der Waals surface area contributed by atoms with E-state index < -0.39 is 0 Å². The van der Waals surface area contributed by atoms with Crippen molar-refractivity contribution in [1.29, 1.82) is 0 Å². The highest BCUT2D eigenvalue weighted by Gasteiger charge is 2.22. The van der Waals surface area contributed by atoms with Gasteiger partial charge in [-0.2, -0.15) is 0 Å². The number of rotatable bonds is 4. The molecule has 1 aliphatic heterocycles. The summed E-state index contributed by atoms with van der Waals surface area (Å²) < 4.78 is 0. The number of hydrogen-bond acceptors (Lipinski definition) is 3. The maximum absolute atomic E-state index is 4.14. The lowest BCUT2D eigenvalue weighted by Gasteiger charge is -2.32. The molecule has 4 nitrogen and oxygen atoms in total. The molecule has 0 amide bonds. The maximum atomic E-state index is 4.14. The Kier molecular flexibility index (Phi) is 7.23. The van der Waals surface area contributed by atoms with Gasteiger partial charge in [0.1, 0.15) is 0 Å². The van der Waals surface area contributed by atoms with Crippen LogP contribution in [0.4, 0.5) is 11.4 Å². The molecule has 128 valence electrons. The summed E-state index contributed by atoms with van der Waals surface area (Å²) in [4.78, 5) is 9.21. The summed E-state index contributed by atoms with van der Waals surface area (Å²) in [5.74, 6) is 0.833. The lowest BCUT2D eigenvalue weighted by molar-refractivity contribution is 0.748. The highest BCUT2D eigenvalue weighted by Crippen LogP contribution is 2.47. The van der Waals surface area contributed by atoms with Crippen molar-refractivity contribution in [3.05, 3.63) is 48.5 Å². The first-order chi connectivity index (χ1) is 11.3.